The molecule has 0 aliphatic carbocycles. The predicted molar refractivity (Wildman–Crippen MR) is 66.4 cm³/mol. The Balaban J connectivity index is 1.79. The number of halogens is 2. The number of rotatable bonds is 4. The van der Waals surface area contributed by atoms with Gasteiger partial charge in [-0.3, -0.25) is 0 Å². The minimum Gasteiger partial charge on any atom is -0.376 e. The molecule has 1 heterocycles. The molecule has 0 radical (unpaired) electrons. The zero-order valence-electron chi connectivity index (χ0n) is 9.42. The summed E-state index contributed by atoms with van der Waals surface area (Å²) >= 11 is 3.39. The molecular formula is C12H15BrFNO2. The lowest BCUT2D eigenvalue weighted by molar-refractivity contribution is -0.0864. The zero-order valence-corrected chi connectivity index (χ0v) is 11.0. The lowest BCUT2D eigenvalue weighted by Crippen LogP contribution is -2.37. The van der Waals surface area contributed by atoms with Crippen LogP contribution in [0.5, 0.6) is 0 Å². The van der Waals surface area contributed by atoms with Crippen molar-refractivity contribution in [2.75, 3.05) is 26.4 Å². The van der Waals surface area contributed by atoms with Gasteiger partial charge in [0.05, 0.1) is 25.9 Å². The predicted octanol–water partition coefficient (Wildman–Crippen LogP) is 2.09. The van der Waals surface area contributed by atoms with Gasteiger partial charge in [0.25, 0.3) is 0 Å². The number of hydrogen-bond donors (Lipinski definition) is 1. The van der Waals surface area contributed by atoms with E-state index < -0.39 is 0 Å². The van der Waals surface area contributed by atoms with Crippen LogP contribution < -0.4 is 5.32 Å². The van der Waals surface area contributed by atoms with Crippen LogP contribution >= 0.6 is 15.9 Å². The third-order valence-corrected chi connectivity index (χ3v) is 3.35. The largest absolute Gasteiger partial charge is 0.376 e. The van der Waals surface area contributed by atoms with Gasteiger partial charge in [-0.15, -0.1) is 0 Å². The van der Waals surface area contributed by atoms with Crippen molar-refractivity contribution in [2.45, 2.75) is 12.6 Å². The molecule has 5 heteroatoms. The normalized spacial score (nSPS) is 20.5. The third-order valence-electron chi connectivity index (χ3n) is 2.58. The maximum absolute atomic E-state index is 13.0. The molecule has 0 spiro atoms. The Morgan fingerprint density at radius 1 is 1.41 bits per heavy atom. The van der Waals surface area contributed by atoms with Gasteiger partial charge in [0, 0.05) is 17.6 Å². The summed E-state index contributed by atoms with van der Waals surface area (Å²) in [6.07, 6.45) is 0.0936. The molecule has 1 aromatic carbocycles. The van der Waals surface area contributed by atoms with E-state index in [0.29, 0.717) is 32.9 Å². The van der Waals surface area contributed by atoms with Crippen LogP contribution in [-0.2, 0) is 16.0 Å². The van der Waals surface area contributed by atoms with Crippen LogP contribution in [0.2, 0.25) is 0 Å². The summed E-state index contributed by atoms with van der Waals surface area (Å²) < 4.78 is 24.7. The Labute approximate surface area is 108 Å². The Hall–Kier alpha value is -0.490. The highest BCUT2D eigenvalue weighted by atomic mass is 79.9. The van der Waals surface area contributed by atoms with Crippen LogP contribution in [0.1, 0.15) is 5.56 Å². The molecule has 0 bridgehead atoms. The van der Waals surface area contributed by atoms with Crippen molar-refractivity contribution >= 4 is 15.9 Å². The van der Waals surface area contributed by atoms with E-state index in [1.54, 1.807) is 6.07 Å². The number of hydrogen-bond acceptors (Lipinski definition) is 3. The van der Waals surface area contributed by atoms with Crippen LogP contribution in [0.15, 0.2) is 22.7 Å². The fourth-order valence-corrected chi connectivity index (χ4v) is 2.09. The first-order valence-electron chi connectivity index (χ1n) is 5.59. The molecule has 17 heavy (non-hydrogen) atoms. The quantitative estimate of drug-likeness (QED) is 0.924. The summed E-state index contributed by atoms with van der Waals surface area (Å²) in [5, 5.41) is 3.24. The molecule has 1 N–H and O–H groups in total. The molecule has 1 fully saturated rings. The van der Waals surface area contributed by atoms with Gasteiger partial charge in [-0.05, 0) is 23.8 Å². The van der Waals surface area contributed by atoms with Crippen LogP contribution in [-0.4, -0.2) is 32.5 Å². The topological polar surface area (TPSA) is 30.5 Å². The summed E-state index contributed by atoms with van der Waals surface area (Å²) in [4.78, 5) is 0. The van der Waals surface area contributed by atoms with E-state index in [1.165, 1.54) is 12.1 Å². The number of ether oxygens (including phenoxy) is 2. The van der Waals surface area contributed by atoms with Crippen LogP contribution in [0.25, 0.3) is 0 Å². The lowest BCUT2D eigenvalue weighted by Gasteiger charge is -2.23. The highest BCUT2D eigenvalue weighted by molar-refractivity contribution is 9.10. The van der Waals surface area contributed by atoms with E-state index in [1.807, 2.05) is 0 Å². The highest BCUT2D eigenvalue weighted by Gasteiger charge is 2.13. The molecule has 1 saturated heterocycles. The van der Waals surface area contributed by atoms with Crippen molar-refractivity contribution in [1.29, 1.82) is 0 Å². The van der Waals surface area contributed by atoms with Gasteiger partial charge >= 0.3 is 0 Å². The first-order chi connectivity index (χ1) is 8.25. The Bertz CT molecular complexity index is 370. The van der Waals surface area contributed by atoms with Crippen LogP contribution in [0.3, 0.4) is 0 Å². The van der Waals surface area contributed by atoms with Crippen molar-refractivity contribution in [3.8, 4) is 0 Å². The first-order valence-corrected chi connectivity index (χ1v) is 6.39. The Morgan fingerprint density at radius 3 is 3.06 bits per heavy atom. The fraction of sp³-hybridized carbons (Fsp3) is 0.500. The van der Waals surface area contributed by atoms with E-state index in [4.69, 9.17) is 9.47 Å². The van der Waals surface area contributed by atoms with Gasteiger partial charge in [0.15, 0.2) is 0 Å². The summed E-state index contributed by atoms with van der Waals surface area (Å²) in [6, 6.07) is 4.67. The second-order valence-corrected chi connectivity index (χ2v) is 4.79. The van der Waals surface area contributed by atoms with E-state index in [-0.39, 0.29) is 11.9 Å². The van der Waals surface area contributed by atoms with Gasteiger partial charge in [-0.2, -0.15) is 0 Å². The summed E-state index contributed by atoms with van der Waals surface area (Å²) in [5.74, 6) is -0.220. The minimum atomic E-state index is -0.220. The molecule has 0 aromatic heterocycles. The maximum Gasteiger partial charge on any atom is 0.123 e. The SMILES string of the molecule is Fc1ccc(Br)c(CNCC2COCCO2)c1. The fourth-order valence-electron chi connectivity index (χ4n) is 1.70. The molecule has 0 amide bonds. The smallest absolute Gasteiger partial charge is 0.123 e. The molecule has 1 atom stereocenters. The first kappa shape index (κ1) is 13.0. The zero-order chi connectivity index (χ0) is 12.1. The van der Waals surface area contributed by atoms with Crippen LogP contribution in [0.4, 0.5) is 4.39 Å². The Kier molecular flexibility index (Phi) is 4.91. The van der Waals surface area contributed by atoms with Gasteiger partial charge in [0.2, 0.25) is 0 Å². The van der Waals surface area contributed by atoms with Crippen molar-refractivity contribution in [3.63, 3.8) is 0 Å². The average molecular weight is 304 g/mol. The van der Waals surface area contributed by atoms with Gasteiger partial charge in [0.1, 0.15) is 5.82 Å². The number of nitrogens with one attached hydrogen (secondary N) is 1. The lowest BCUT2D eigenvalue weighted by atomic mass is 10.2. The molecule has 94 valence electrons. The van der Waals surface area contributed by atoms with Crippen molar-refractivity contribution in [1.82, 2.24) is 5.32 Å². The third kappa shape index (κ3) is 4.03. The van der Waals surface area contributed by atoms with Gasteiger partial charge < -0.3 is 14.8 Å². The standard InChI is InChI=1S/C12H15BrFNO2/c13-12-2-1-10(14)5-9(12)6-15-7-11-8-16-3-4-17-11/h1-2,5,11,15H,3-4,6-8H2. The van der Waals surface area contributed by atoms with E-state index >= 15 is 0 Å². The van der Waals surface area contributed by atoms with Crippen molar-refractivity contribution in [3.05, 3.63) is 34.1 Å². The maximum atomic E-state index is 13.0. The van der Waals surface area contributed by atoms with Crippen molar-refractivity contribution < 1.29 is 13.9 Å². The minimum absolute atomic E-state index is 0.0936. The summed E-state index contributed by atoms with van der Waals surface area (Å²) in [7, 11) is 0. The molecular weight excluding hydrogens is 289 g/mol. The molecule has 1 aromatic rings. The second kappa shape index (κ2) is 6.44. The van der Waals surface area contributed by atoms with Crippen LogP contribution in [0, 0.1) is 5.82 Å². The summed E-state index contributed by atoms with van der Waals surface area (Å²) in [6.45, 7) is 3.26. The average Bonchev–Trinajstić information content (AvgIpc) is 2.35. The molecule has 1 aliphatic rings. The monoisotopic (exact) mass is 303 g/mol. The number of benzene rings is 1. The molecule has 3 nitrogen and oxygen atoms in total. The highest BCUT2D eigenvalue weighted by Crippen LogP contribution is 2.17. The molecule has 2 rings (SSSR count). The van der Waals surface area contributed by atoms with E-state index in [2.05, 4.69) is 21.2 Å². The molecule has 1 unspecified atom stereocenters. The van der Waals surface area contributed by atoms with Gasteiger partial charge in [-0.1, -0.05) is 15.9 Å². The molecule has 0 saturated carbocycles. The summed E-state index contributed by atoms with van der Waals surface area (Å²) in [5.41, 5.74) is 0.904. The molecule has 1 aliphatic heterocycles. The second-order valence-electron chi connectivity index (χ2n) is 3.93. The van der Waals surface area contributed by atoms with Gasteiger partial charge in [-0.25, -0.2) is 4.39 Å². The van der Waals surface area contributed by atoms with E-state index in [0.717, 1.165) is 10.0 Å². The van der Waals surface area contributed by atoms with Crippen molar-refractivity contribution in [2.24, 2.45) is 0 Å². The van der Waals surface area contributed by atoms with E-state index in [9.17, 15) is 4.39 Å². The Morgan fingerprint density at radius 2 is 2.29 bits per heavy atom.